The van der Waals surface area contributed by atoms with Crippen LogP contribution in [0, 0.1) is 0 Å². The monoisotopic (exact) mass is 99.1 g/mol. The molecule has 0 aliphatic rings. The Kier molecular flexibility index (Phi) is 5.46. The summed E-state index contributed by atoms with van der Waals surface area (Å²) in [6.07, 6.45) is 5.41. The van der Waals surface area contributed by atoms with E-state index in [1.807, 2.05) is 7.05 Å². The van der Waals surface area contributed by atoms with Crippen molar-refractivity contribution in [3.63, 3.8) is 0 Å². The normalized spacial score (nSPS) is 10.6. The molecule has 7 heavy (non-hydrogen) atoms. The van der Waals surface area contributed by atoms with E-state index in [0.29, 0.717) is 0 Å². The van der Waals surface area contributed by atoms with Crippen LogP contribution in [0.3, 0.4) is 0 Å². The Morgan fingerprint density at radius 1 is 1.43 bits per heavy atom. The molecule has 0 bridgehead atoms. The van der Waals surface area contributed by atoms with E-state index in [1.165, 1.54) is 0 Å². The molecule has 0 saturated carbocycles. The van der Waals surface area contributed by atoms with Gasteiger partial charge in [0.05, 0.1) is 0 Å². The molecule has 0 saturated heterocycles. The van der Waals surface area contributed by atoms with Gasteiger partial charge < -0.3 is 5.32 Å². The molecule has 0 rings (SSSR count). The molecule has 0 heterocycles. The zero-order valence-corrected chi connectivity index (χ0v) is 5.07. The van der Waals surface area contributed by atoms with Gasteiger partial charge >= 0.3 is 0 Å². The Morgan fingerprint density at radius 3 is 2.57 bits per heavy atom. The highest BCUT2D eigenvalue weighted by Gasteiger charge is 1.65. The molecule has 0 aromatic carbocycles. The van der Waals surface area contributed by atoms with Crippen molar-refractivity contribution in [3.05, 3.63) is 12.2 Å². The van der Waals surface area contributed by atoms with Crippen LogP contribution in [-0.2, 0) is 0 Å². The van der Waals surface area contributed by atoms with E-state index in [0.717, 1.165) is 13.0 Å². The van der Waals surface area contributed by atoms with Crippen LogP contribution in [-0.4, -0.2) is 13.6 Å². The van der Waals surface area contributed by atoms with Crippen LogP contribution < -0.4 is 5.32 Å². The van der Waals surface area contributed by atoms with Crippen LogP contribution >= 0.6 is 0 Å². The lowest BCUT2D eigenvalue weighted by molar-refractivity contribution is 0.915. The number of nitrogens with one attached hydrogen (secondary N) is 1. The van der Waals surface area contributed by atoms with E-state index >= 15 is 0 Å². The summed E-state index contributed by atoms with van der Waals surface area (Å²) in [5, 5.41) is 3.02. The van der Waals surface area contributed by atoms with Crippen molar-refractivity contribution in [3.8, 4) is 0 Å². The van der Waals surface area contributed by atoms with E-state index in [1.54, 1.807) is 0 Å². The minimum atomic E-state index is 0.994. The van der Waals surface area contributed by atoms with Crippen LogP contribution in [0.1, 0.15) is 13.3 Å². The molecule has 0 radical (unpaired) electrons. The summed E-state index contributed by atoms with van der Waals surface area (Å²) >= 11 is 0. The zero-order chi connectivity index (χ0) is 5.54. The number of hydrogen-bond donors (Lipinski definition) is 1. The van der Waals surface area contributed by atoms with Crippen LogP contribution in [0.4, 0.5) is 0 Å². The van der Waals surface area contributed by atoms with Gasteiger partial charge in [-0.2, -0.15) is 0 Å². The first kappa shape index (κ1) is 6.70. The maximum absolute atomic E-state index is 3.02. The first-order valence-electron chi connectivity index (χ1n) is 2.71. The Hall–Kier alpha value is -0.300. The van der Waals surface area contributed by atoms with Gasteiger partial charge in [0.1, 0.15) is 0 Å². The molecule has 0 aromatic heterocycles. The molecule has 0 amide bonds. The summed E-state index contributed by atoms with van der Waals surface area (Å²) in [4.78, 5) is 0. The predicted molar refractivity (Wildman–Crippen MR) is 33.4 cm³/mol. The second kappa shape index (κ2) is 5.70. The van der Waals surface area contributed by atoms with Crippen LogP contribution in [0.2, 0.25) is 0 Å². The van der Waals surface area contributed by atoms with E-state index in [2.05, 4.69) is 24.4 Å². The smallest absolute Gasteiger partial charge is 0.0131 e. The third-order valence-corrected chi connectivity index (χ3v) is 0.724. The molecule has 0 aliphatic carbocycles. The topological polar surface area (TPSA) is 12.0 Å². The fraction of sp³-hybridized carbons (Fsp3) is 0.667. The second-order valence-corrected chi connectivity index (χ2v) is 1.44. The zero-order valence-electron chi connectivity index (χ0n) is 5.07. The van der Waals surface area contributed by atoms with Gasteiger partial charge in [0, 0.05) is 6.54 Å². The van der Waals surface area contributed by atoms with Crippen molar-refractivity contribution in [2.75, 3.05) is 13.6 Å². The van der Waals surface area contributed by atoms with Gasteiger partial charge in [-0.05, 0) is 13.5 Å². The lowest BCUT2D eigenvalue weighted by Crippen LogP contribution is -2.03. The average Bonchev–Trinajstić information content (AvgIpc) is 1.69. The highest BCUT2D eigenvalue weighted by Crippen LogP contribution is 1.75. The fourth-order valence-electron chi connectivity index (χ4n) is 0.368. The molecular weight excluding hydrogens is 86.1 g/mol. The van der Waals surface area contributed by atoms with Crippen LogP contribution in [0.15, 0.2) is 12.2 Å². The Bertz CT molecular complexity index is 48.1. The fourth-order valence-corrected chi connectivity index (χ4v) is 0.368. The van der Waals surface area contributed by atoms with E-state index < -0.39 is 0 Å². The molecule has 1 heteroatoms. The number of likely N-dealkylation sites (N-methyl/N-ethyl adjacent to an activating group) is 1. The maximum atomic E-state index is 3.02. The van der Waals surface area contributed by atoms with Gasteiger partial charge in [0.25, 0.3) is 0 Å². The summed E-state index contributed by atoms with van der Waals surface area (Å²) in [6, 6.07) is 0. The van der Waals surface area contributed by atoms with Gasteiger partial charge in [-0.15, -0.1) is 0 Å². The van der Waals surface area contributed by atoms with Crippen molar-refractivity contribution in [2.45, 2.75) is 13.3 Å². The summed E-state index contributed by atoms with van der Waals surface area (Å²) in [7, 11) is 1.94. The van der Waals surface area contributed by atoms with Crippen molar-refractivity contribution in [1.82, 2.24) is 5.32 Å². The number of hydrogen-bond acceptors (Lipinski definition) is 1. The molecule has 0 fully saturated rings. The average molecular weight is 99.2 g/mol. The van der Waals surface area contributed by atoms with Crippen LogP contribution in [0.25, 0.3) is 0 Å². The molecule has 42 valence electrons. The first-order chi connectivity index (χ1) is 3.41. The molecule has 0 aliphatic heterocycles. The minimum absolute atomic E-state index is 0.994. The molecule has 1 N–H and O–H groups in total. The quantitative estimate of drug-likeness (QED) is 0.524. The van der Waals surface area contributed by atoms with Crippen LogP contribution in [0.5, 0.6) is 0 Å². The number of allylic oxidation sites excluding steroid dienone is 1. The predicted octanol–water partition coefficient (Wildman–Crippen LogP) is 1.17. The van der Waals surface area contributed by atoms with Crippen molar-refractivity contribution in [2.24, 2.45) is 0 Å². The first-order valence-corrected chi connectivity index (χ1v) is 2.71. The van der Waals surface area contributed by atoms with E-state index in [-0.39, 0.29) is 0 Å². The molecular formula is C6H13N. The summed E-state index contributed by atoms with van der Waals surface area (Å²) in [6.45, 7) is 3.12. The highest BCUT2D eigenvalue weighted by atomic mass is 14.8. The van der Waals surface area contributed by atoms with Gasteiger partial charge in [-0.3, -0.25) is 0 Å². The van der Waals surface area contributed by atoms with Gasteiger partial charge in [0.15, 0.2) is 0 Å². The molecule has 0 atom stereocenters. The Morgan fingerprint density at radius 2 is 2.14 bits per heavy atom. The standard InChI is InChI=1S/C6H13N/c1-3-4-5-6-7-2/h4-5,7H,3,6H2,1-2H3/b5-4+. The maximum Gasteiger partial charge on any atom is 0.0131 e. The second-order valence-electron chi connectivity index (χ2n) is 1.44. The highest BCUT2D eigenvalue weighted by molar-refractivity contribution is 4.81. The molecule has 0 spiro atoms. The largest absolute Gasteiger partial charge is 0.316 e. The van der Waals surface area contributed by atoms with Gasteiger partial charge in [0.2, 0.25) is 0 Å². The van der Waals surface area contributed by atoms with Gasteiger partial charge in [-0.25, -0.2) is 0 Å². The van der Waals surface area contributed by atoms with Gasteiger partial charge in [-0.1, -0.05) is 19.1 Å². The third kappa shape index (κ3) is 5.70. The summed E-state index contributed by atoms with van der Waals surface area (Å²) < 4.78 is 0. The summed E-state index contributed by atoms with van der Waals surface area (Å²) in [5.74, 6) is 0. The molecule has 0 aromatic rings. The molecule has 1 nitrogen and oxygen atoms in total. The van der Waals surface area contributed by atoms with Crippen molar-refractivity contribution >= 4 is 0 Å². The van der Waals surface area contributed by atoms with E-state index in [9.17, 15) is 0 Å². The Balaban J connectivity index is 2.78. The van der Waals surface area contributed by atoms with E-state index in [4.69, 9.17) is 0 Å². The lowest BCUT2D eigenvalue weighted by atomic mass is 10.4. The SMILES string of the molecule is CC/C=C/CNC. The molecule has 0 unspecified atom stereocenters. The van der Waals surface area contributed by atoms with Crippen molar-refractivity contribution in [1.29, 1.82) is 0 Å². The number of rotatable bonds is 3. The lowest BCUT2D eigenvalue weighted by Gasteiger charge is -1.83. The Labute approximate surface area is 45.4 Å². The summed E-state index contributed by atoms with van der Waals surface area (Å²) in [5.41, 5.74) is 0. The minimum Gasteiger partial charge on any atom is -0.316 e. The van der Waals surface area contributed by atoms with Crippen molar-refractivity contribution < 1.29 is 0 Å². The third-order valence-electron chi connectivity index (χ3n) is 0.724.